The Hall–Kier alpha value is -3.88. The minimum Gasteiger partial charge on any atom is -0.459 e. The molecule has 1 aliphatic rings. The smallest absolute Gasteiger partial charge is 0.291 e. The number of rotatable bonds is 5. The van der Waals surface area contributed by atoms with Gasteiger partial charge in [-0.05, 0) is 37.1 Å². The van der Waals surface area contributed by atoms with E-state index in [1.54, 1.807) is 12.4 Å². The average Bonchev–Trinajstić information content (AvgIpc) is 3.56. The Morgan fingerprint density at radius 2 is 1.88 bits per heavy atom. The second-order valence-electron chi connectivity index (χ2n) is 7.89. The average molecular weight is 452 g/mol. The van der Waals surface area contributed by atoms with E-state index in [1.807, 2.05) is 4.57 Å². The van der Waals surface area contributed by atoms with Crippen molar-refractivity contribution in [1.29, 1.82) is 0 Å². The summed E-state index contributed by atoms with van der Waals surface area (Å²) in [6.45, 7) is 0. The molecule has 5 rings (SSSR count). The van der Waals surface area contributed by atoms with Gasteiger partial charge in [-0.2, -0.15) is 0 Å². The SMILES string of the molecule is O=C(Nc1c(F)cncc1-c1c(-c2ccc(F)cc2F)ncn1C1CCCC1)c1ccco1. The molecule has 4 aromatic rings. The summed E-state index contributed by atoms with van der Waals surface area (Å²) in [4.78, 5) is 21.0. The van der Waals surface area contributed by atoms with Crippen LogP contribution in [0.3, 0.4) is 0 Å². The number of pyridine rings is 1. The molecule has 0 aliphatic heterocycles. The number of anilines is 1. The molecule has 1 amide bonds. The number of nitrogens with zero attached hydrogens (tertiary/aromatic N) is 3. The van der Waals surface area contributed by atoms with Crippen molar-refractivity contribution in [2.45, 2.75) is 31.7 Å². The number of imidazole rings is 1. The van der Waals surface area contributed by atoms with E-state index in [1.165, 1.54) is 24.6 Å². The molecule has 9 heteroatoms. The molecule has 0 atom stereocenters. The van der Waals surface area contributed by atoms with Crippen molar-refractivity contribution >= 4 is 11.6 Å². The fraction of sp³-hybridized carbons (Fsp3) is 0.208. The Kier molecular flexibility index (Phi) is 5.45. The first-order valence-electron chi connectivity index (χ1n) is 10.5. The molecular weight excluding hydrogens is 433 g/mol. The predicted octanol–water partition coefficient (Wildman–Crippen LogP) is 5.99. The van der Waals surface area contributed by atoms with Crippen molar-refractivity contribution in [2.24, 2.45) is 0 Å². The summed E-state index contributed by atoms with van der Waals surface area (Å²) in [7, 11) is 0. The highest BCUT2D eigenvalue weighted by atomic mass is 19.1. The fourth-order valence-electron chi connectivity index (χ4n) is 4.29. The molecular formula is C24H19F3N4O2. The van der Waals surface area contributed by atoms with Crippen LogP contribution in [-0.2, 0) is 0 Å². The topological polar surface area (TPSA) is 73.0 Å². The molecule has 168 valence electrons. The lowest BCUT2D eigenvalue weighted by Gasteiger charge is -2.19. The van der Waals surface area contributed by atoms with Crippen LogP contribution in [-0.4, -0.2) is 20.4 Å². The van der Waals surface area contributed by atoms with Crippen LogP contribution in [0.1, 0.15) is 42.3 Å². The van der Waals surface area contributed by atoms with E-state index in [0.29, 0.717) is 5.69 Å². The van der Waals surface area contributed by atoms with Crippen LogP contribution < -0.4 is 5.32 Å². The van der Waals surface area contributed by atoms with E-state index in [0.717, 1.165) is 44.0 Å². The number of nitrogens with one attached hydrogen (secondary N) is 1. The van der Waals surface area contributed by atoms with Crippen molar-refractivity contribution < 1.29 is 22.4 Å². The number of carbonyl (C=O) groups excluding carboxylic acids is 1. The van der Waals surface area contributed by atoms with Crippen molar-refractivity contribution in [1.82, 2.24) is 14.5 Å². The largest absolute Gasteiger partial charge is 0.459 e. The van der Waals surface area contributed by atoms with Gasteiger partial charge in [0.2, 0.25) is 0 Å². The van der Waals surface area contributed by atoms with Gasteiger partial charge in [0, 0.05) is 29.4 Å². The fourth-order valence-corrected chi connectivity index (χ4v) is 4.29. The van der Waals surface area contributed by atoms with Crippen LogP contribution in [0.2, 0.25) is 0 Å². The Morgan fingerprint density at radius 3 is 2.61 bits per heavy atom. The highest BCUT2D eigenvalue weighted by Gasteiger charge is 2.28. The third-order valence-electron chi connectivity index (χ3n) is 5.84. The minimum atomic E-state index is -0.793. The number of hydrogen-bond acceptors (Lipinski definition) is 4. The quantitative estimate of drug-likeness (QED) is 0.404. The highest BCUT2D eigenvalue weighted by molar-refractivity contribution is 6.05. The molecule has 1 aromatic carbocycles. The Balaban J connectivity index is 1.69. The van der Waals surface area contributed by atoms with Crippen molar-refractivity contribution in [3.8, 4) is 22.5 Å². The van der Waals surface area contributed by atoms with Gasteiger partial charge >= 0.3 is 0 Å². The molecule has 0 unspecified atom stereocenters. The molecule has 1 saturated carbocycles. The van der Waals surface area contributed by atoms with E-state index in [2.05, 4.69) is 15.3 Å². The van der Waals surface area contributed by atoms with Gasteiger partial charge in [-0.1, -0.05) is 12.8 Å². The van der Waals surface area contributed by atoms with E-state index in [4.69, 9.17) is 4.42 Å². The molecule has 0 radical (unpaired) electrons. The standard InChI is InChI=1S/C24H19F3N4O2/c25-14-7-8-16(18(26)10-14)22-23(31(13-29-22)15-4-1-2-5-15)17-11-28-12-19(27)21(17)30-24(32)20-6-3-9-33-20/h3,6-13,15H,1-2,4-5H2,(H,28,30,32). The van der Waals surface area contributed by atoms with Crippen molar-refractivity contribution in [2.75, 3.05) is 5.32 Å². The molecule has 0 spiro atoms. The maximum atomic E-state index is 15.0. The van der Waals surface area contributed by atoms with Gasteiger partial charge < -0.3 is 14.3 Å². The lowest BCUT2D eigenvalue weighted by molar-refractivity contribution is 0.0996. The Bertz CT molecular complexity index is 1310. The highest BCUT2D eigenvalue weighted by Crippen LogP contribution is 2.41. The first-order valence-corrected chi connectivity index (χ1v) is 10.5. The summed E-state index contributed by atoms with van der Waals surface area (Å²) in [6, 6.07) is 6.28. The number of amides is 1. The number of furan rings is 1. The third-order valence-corrected chi connectivity index (χ3v) is 5.84. The van der Waals surface area contributed by atoms with E-state index in [9.17, 15) is 18.0 Å². The molecule has 1 fully saturated rings. The summed E-state index contributed by atoms with van der Waals surface area (Å²) in [5.41, 5.74) is 0.776. The first kappa shape index (κ1) is 21.0. The zero-order valence-electron chi connectivity index (χ0n) is 17.4. The first-order chi connectivity index (χ1) is 16.0. The maximum absolute atomic E-state index is 15.0. The van der Waals surface area contributed by atoms with Gasteiger partial charge in [-0.3, -0.25) is 9.78 Å². The molecule has 33 heavy (non-hydrogen) atoms. The lowest BCUT2D eigenvalue weighted by atomic mass is 10.0. The van der Waals surface area contributed by atoms with Gasteiger partial charge in [0.05, 0.1) is 35.9 Å². The lowest BCUT2D eigenvalue weighted by Crippen LogP contribution is -2.14. The second-order valence-corrected chi connectivity index (χ2v) is 7.89. The number of benzene rings is 1. The Labute approximate surface area is 187 Å². The number of carbonyl (C=O) groups is 1. The van der Waals surface area contributed by atoms with Gasteiger partial charge in [-0.25, -0.2) is 18.2 Å². The second kappa shape index (κ2) is 8.57. The monoisotopic (exact) mass is 452 g/mol. The van der Waals surface area contributed by atoms with Crippen LogP contribution >= 0.6 is 0 Å². The van der Waals surface area contributed by atoms with Crippen LogP contribution in [0.5, 0.6) is 0 Å². The summed E-state index contributed by atoms with van der Waals surface area (Å²) >= 11 is 0. The zero-order valence-corrected chi connectivity index (χ0v) is 17.4. The summed E-state index contributed by atoms with van der Waals surface area (Å²) in [5.74, 6) is -2.92. The molecule has 6 nitrogen and oxygen atoms in total. The Morgan fingerprint density at radius 1 is 1.06 bits per heavy atom. The van der Waals surface area contributed by atoms with Crippen LogP contribution in [0.15, 0.2) is 59.7 Å². The van der Waals surface area contributed by atoms with Gasteiger partial charge in [0.25, 0.3) is 5.91 Å². The summed E-state index contributed by atoms with van der Waals surface area (Å²) < 4.78 is 50.2. The van der Waals surface area contributed by atoms with Gasteiger partial charge in [0.1, 0.15) is 11.6 Å². The molecule has 3 heterocycles. The number of hydrogen-bond donors (Lipinski definition) is 1. The number of aromatic nitrogens is 3. The molecule has 0 bridgehead atoms. The normalized spacial score (nSPS) is 14.0. The van der Waals surface area contributed by atoms with E-state index >= 15 is 0 Å². The summed E-state index contributed by atoms with van der Waals surface area (Å²) in [5, 5.41) is 2.55. The maximum Gasteiger partial charge on any atom is 0.291 e. The van der Waals surface area contributed by atoms with Crippen LogP contribution in [0.4, 0.5) is 18.9 Å². The van der Waals surface area contributed by atoms with Crippen LogP contribution in [0, 0.1) is 17.5 Å². The van der Waals surface area contributed by atoms with Crippen LogP contribution in [0.25, 0.3) is 22.5 Å². The minimum absolute atomic E-state index is 0.00580. The van der Waals surface area contributed by atoms with Gasteiger partial charge in [-0.15, -0.1) is 0 Å². The molecule has 3 aromatic heterocycles. The van der Waals surface area contributed by atoms with Crippen molar-refractivity contribution in [3.63, 3.8) is 0 Å². The molecule has 1 N–H and O–H groups in total. The van der Waals surface area contributed by atoms with Gasteiger partial charge in [0.15, 0.2) is 11.6 Å². The van der Waals surface area contributed by atoms with E-state index in [-0.39, 0.29) is 34.3 Å². The van der Waals surface area contributed by atoms with E-state index < -0.39 is 23.4 Å². The predicted molar refractivity (Wildman–Crippen MR) is 115 cm³/mol. The molecule has 0 saturated heterocycles. The summed E-state index contributed by atoms with van der Waals surface area (Å²) in [6.07, 6.45) is 9.09. The van der Waals surface area contributed by atoms with Crippen molar-refractivity contribution in [3.05, 3.63) is 78.5 Å². The number of halogens is 3. The third kappa shape index (κ3) is 3.90. The molecule has 1 aliphatic carbocycles. The zero-order chi connectivity index (χ0) is 22.9.